The number of rotatable bonds is 6. The van der Waals surface area contributed by atoms with Crippen LogP contribution >= 0.6 is 27.7 Å². The smallest absolute Gasteiger partial charge is 0.373 e. The molecule has 122 valence electrons. The van der Waals surface area contributed by atoms with Gasteiger partial charge in [0.05, 0.1) is 12.9 Å². The summed E-state index contributed by atoms with van der Waals surface area (Å²) >= 11 is 4.81. The Morgan fingerprint density at radius 3 is 2.74 bits per heavy atom. The minimum atomic E-state index is -0.566. The maximum atomic E-state index is 11.8. The zero-order chi connectivity index (χ0) is 16.8. The monoisotopic (exact) mass is 398 g/mol. The molecule has 0 amide bonds. The Morgan fingerprint density at radius 1 is 1.26 bits per heavy atom. The summed E-state index contributed by atoms with van der Waals surface area (Å²) in [5, 5.41) is 0. The first-order chi connectivity index (χ1) is 11.0. The number of ether oxygens (including phenoxy) is 2. The number of hydrogen-bond acceptors (Lipinski definition) is 6. The molecule has 0 unspecified atom stereocenters. The van der Waals surface area contributed by atoms with E-state index in [0.29, 0.717) is 5.76 Å². The summed E-state index contributed by atoms with van der Waals surface area (Å²) in [4.78, 5) is 24.1. The Balaban J connectivity index is 1.81. The van der Waals surface area contributed by atoms with Crippen molar-refractivity contribution in [2.24, 2.45) is 0 Å². The summed E-state index contributed by atoms with van der Waals surface area (Å²) in [5.41, 5.74) is 1.09. The standard InChI is InChI=1S/C16H15BrO5S/c1-10-7-11(17)3-6-14(10)23-9-15(18)21-8-12-4-5-13(22-12)16(19)20-2/h3-7H,8-9H2,1-2H3. The minimum Gasteiger partial charge on any atom is -0.463 e. The first-order valence-electron chi connectivity index (χ1n) is 6.71. The van der Waals surface area contributed by atoms with Gasteiger partial charge in [0.25, 0.3) is 0 Å². The molecule has 1 heterocycles. The third kappa shape index (κ3) is 5.14. The average Bonchev–Trinajstić information content (AvgIpc) is 3.00. The fraction of sp³-hybridized carbons (Fsp3) is 0.250. The van der Waals surface area contributed by atoms with Crippen LogP contribution < -0.4 is 0 Å². The molecule has 0 fully saturated rings. The first kappa shape index (κ1) is 17.6. The molecule has 0 radical (unpaired) electrons. The Hall–Kier alpha value is -1.73. The van der Waals surface area contributed by atoms with E-state index in [-0.39, 0.29) is 24.1 Å². The molecular weight excluding hydrogens is 384 g/mol. The van der Waals surface area contributed by atoms with E-state index in [1.807, 2.05) is 25.1 Å². The molecule has 0 aliphatic heterocycles. The van der Waals surface area contributed by atoms with Gasteiger partial charge in [-0.25, -0.2) is 4.79 Å². The highest BCUT2D eigenvalue weighted by Crippen LogP contribution is 2.25. The van der Waals surface area contributed by atoms with Crippen LogP contribution in [0, 0.1) is 6.92 Å². The lowest BCUT2D eigenvalue weighted by Gasteiger charge is -2.06. The van der Waals surface area contributed by atoms with E-state index in [1.165, 1.54) is 24.9 Å². The van der Waals surface area contributed by atoms with Crippen LogP contribution in [-0.4, -0.2) is 24.8 Å². The Kier molecular flexibility index (Phi) is 6.29. The summed E-state index contributed by atoms with van der Waals surface area (Å²) in [6.45, 7) is 1.96. The normalized spacial score (nSPS) is 10.4. The summed E-state index contributed by atoms with van der Waals surface area (Å²) in [7, 11) is 1.27. The van der Waals surface area contributed by atoms with Gasteiger partial charge < -0.3 is 13.9 Å². The van der Waals surface area contributed by atoms with Gasteiger partial charge >= 0.3 is 11.9 Å². The van der Waals surface area contributed by atoms with E-state index in [4.69, 9.17) is 9.15 Å². The van der Waals surface area contributed by atoms with Gasteiger partial charge in [0.2, 0.25) is 5.76 Å². The zero-order valence-corrected chi connectivity index (χ0v) is 15.0. The average molecular weight is 399 g/mol. The van der Waals surface area contributed by atoms with Gasteiger partial charge in [-0.2, -0.15) is 0 Å². The maximum Gasteiger partial charge on any atom is 0.373 e. The zero-order valence-electron chi connectivity index (χ0n) is 12.6. The molecule has 0 aliphatic rings. The SMILES string of the molecule is COC(=O)c1ccc(COC(=O)CSc2ccc(Br)cc2C)o1. The van der Waals surface area contributed by atoms with Gasteiger partial charge in [0.1, 0.15) is 12.4 Å². The van der Waals surface area contributed by atoms with Crippen molar-refractivity contribution in [3.63, 3.8) is 0 Å². The largest absolute Gasteiger partial charge is 0.463 e. The maximum absolute atomic E-state index is 11.8. The molecule has 1 aromatic heterocycles. The number of furan rings is 1. The molecular formula is C16H15BrO5S. The van der Waals surface area contributed by atoms with Crippen molar-refractivity contribution in [1.29, 1.82) is 0 Å². The van der Waals surface area contributed by atoms with Crippen molar-refractivity contribution in [2.45, 2.75) is 18.4 Å². The van der Waals surface area contributed by atoms with E-state index in [0.717, 1.165) is 14.9 Å². The van der Waals surface area contributed by atoms with E-state index >= 15 is 0 Å². The summed E-state index contributed by atoms with van der Waals surface area (Å²) < 4.78 is 15.9. The van der Waals surface area contributed by atoms with Crippen LogP contribution in [0.25, 0.3) is 0 Å². The van der Waals surface area contributed by atoms with E-state index in [2.05, 4.69) is 20.7 Å². The highest BCUT2D eigenvalue weighted by Gasteiger charge is 2.13. The van der Waals surface area contributed by atoms with E-state index < -0.39 is 5.97 Å². The summed E-state index contributed by atoms with van der Waals surface area (Å²) in [5.74, 6) is -0.244. The first-order valence-corrected chi connectivity index (χ1v) is 8.49. The number of benzene rings is 1. The van der Waals surface area contributed by atoms with Crippen LogP contribution in [0.1, 0.15) is 21.9 Å². The van der Waals surface area contributed by atoms with Gasteiger partial charge in [0.15, 0.2) is 0 Å². The molecule has 0 saturated carbocycles. The van der Waals surface area contributed by atoms with Gasteiger partial charge in [-0.05, 0) is 42.8 Å². The quantitative estimate of drug-likeness (QED) is 0.541. The van der Waals surface area contributed by atoms with Crippen molar-refractivity contribution >= 4 is 39.6 Å². The number of carbonyl (C=O) groups excluding carboxylic acids is 2. The van der Waals surface area contributed by atoms with Crippen LogP contribution in [-0.2, 0) is 20.9 Å². The number of thioether (sulfide) groups is 1. The number of methoxy groups -OCH3 is 1. The third-order valence-corrected chi connectivity index (χ3v) is 4.55. The fourth-order valence-corrected chi connectivity index (χ4v) is 3.05. The highest BCUT2D eigenvalue weighted by atomic mass is 79.9. The molecule has 0 spiro atoms. The van der Waals surface area contributed by atoms with Crippen LogP contribution in [0.15, 0.2) is 44.1 Å². The minimum absolute atomic E-state index is 0.0181. The molecule has 2 aromatic rings. The van der Waals surface area contributed by atoms with Crippen LogP contribution in [0.5, 0.6) is 0 Å². The van der Waals surface area contributed by atoms with Crippen molar-refractivity contribution in [3.05, 3.63) is 51.9 Å². The van der Waals surface area contributed by atoms with E-state index in [1.54, 1.807) is 6.07 Å². The second-order valence-electron chi connectivity index (χ2n) is 4.62. The second kappa shape index (κ2) is 8.21. The highest BCUT2D eigenvalue weighted by molar-refractivity contribution is 9.10. The molecule has 0 bridgehead atoms. The molecule has 0 atom stereocenters. The molecule has 7 heteroatoms. The van der Waals surface area contributed by atoms with Gasteiger partial charge in [-0.3, -0.25) is 4.79 Å². The Labute approximate surface area is 146 Å². The number of halogens is 1. The molecule has 23 heavy (non-hydrogen) atoms. The summed E-state index contributed by atoms with van der Waals surface area (Å²) in [6, 6.07) is 8.93. The van der Waals surface area contributed by atoms with Gasteiger partial charge in [-0.1, -0.05) is 15.9 Å². The number of aryl methyl sites for hydroxylation is 1. The second-order valence-corrected chi connectivity index (χ2v) is 6.55. The molecule has 2 rings (SSSR count). The number of carbonyl (C=O) groups is 2. The summed E-state index contributed by atoms with van der Waals surface area (Å²) in [6.07, 6.45) is 0. The van der Waals surface area contributed by atoms with Gasteiger partial charge in [-0.15, -0.1) is 11.8 Å². The predicted molar refractivity (Wildman–Crippen MR) is 89.4 cm³/mol. The number of hydrogen-bond donors (Lipinski definition) is 0. The predicted octanol–water partition coefficient (Wildman–Crippen LogP) is 3.97. The molecule has 0 aliphatic carbocycles. The van der Waals surface area contributed by atoms with Crippen LogP contribution in [0.4, 0.5) is 0 Å². The Morgan fingerprint density at radius 2 is 2.04 bits per heavy atom. The lowest BCUT2D eigenvalue weighted by Crippen LogP contribution is -2.07. The van der Waals surface area contributed by atoms with Crippen LogP contribution in [0.3, 0.4) is 0 Å². The lowest BCUT2D eigenvalue weighted by atomic mass is 10.2. The van der Waals surface area contributed by atoms with Crippen molar-refractivity contribution in [1.82, 2.24) is 0 Å². The van der Waals surface area contributed by atoms with Crippen molar-refractivity contribution in [2.75, 3.05) is 12.9 Å². The Bertz CT molecular complexity index is 710. The van der Waals surface area contributed by atoms with E-state index in [9.17, 15) is 9.59 Å². The van der Waals surface area contributed by atoms with Crippen LogP contribution in [0.2, 0.25) is 0 Å². The topological polar surface area (TPSA) is 65.7 Å². The van der Waals surface area contributed by atoms with Crippen molar-refractivity contribution in [3.8, 4) is 0 Å². The molecule has 1 aromatic carbocycles. The molecule has 0 saturated heterocycles. The van der Waals surface area contributed by atoms with Crippen molar-refractivity contribution < 1.29 is 23.5 Å². The fourth-order valence-electron chi connectivity index (χ4n) is 1.77. The molecule has 5 nitrogen and oxygen atoms in total. The number of esters is 2. The lowest BCUT2D eigenvalue weighted by molar-refractivity contribution is -0.142. The molecule has 0 N–H and O–H groups in total. The van der Waals surface area contributed by atoms with Gasteiger partial charge in [0, 0.05) is 9.37 Å². The third-order valence-electron chi connectivity index (χ3n) is 2.91.